The number of sulfonamides is 1. The van der Waals surface area contributed by atoms with E-state index >= 15 is 0 Å². The van der Waals surface area contributed by atoms with Gasteiger partial charge in [-0.2, -0.15) is 0 Å². The zero-order chi connectivity index (χ0) is 15.5. The van der Waals surface area contributed by atoms with Gasteiger partial charge in [0.2, 0.25) is 10.0 Å². The van der Waals surface area contributed by atoms with Crippen molar-refractivity contribution in [3.8, 4) is 0 Å². The average molecular weight is 305 g/mol. The Bertz CT molecular complexity index is 751. The van der Waals surface area contributed by atoms with Gasteiger partial charge >= 0.3 is 0 Å². The van der Waals surface area contributed by atoms with Crippen molar-refractivity contribution >= 4 is 26.6 Å². The predicted octanol–water partition coefficient (Wildman–Crippen LogP) is 2.22. The third-order valence-electron chi connectivity index (χ3n) is 3.32. The fourth-order valence-electron chi connectivity index (χ4n) is 2.25. The van der Waals surface area contributed by atoms with E-state index in [1.54, 1.807) is 18.2 Å². The van der Waals surface area contributed by atoms with Gasteiger partial charge in [-0.15, -0.1) is 0 Å². The van der Waals surface area contributed by atoms with E-state index in [0.29, 0.717) is 11.8 Å². The molecule has 0 aliphatic rings. The summed E-state index contributed by atoms with van der Waals surface area (Å²) in [6.07, 6.45) is 0.782. The second-order valence-electron chi connectivity index (χ2n) is 4.93. The first-order chi connectivity index (χ1) is 9.94. The molecule has 112 valence electrons. The van der Waals surface area contributed by atoms with Crippen LogP contribution in [0, 0.1) is 5.41 Å². The Balaban J connectivity index is 2.40. The Morgan fingerprint density at radius 3 is 2.57 bits per heavy atom. The second-order valence-corrected chi connectivity index (χ2v) is 6.62. The van der Waals surface area contributed by atoms with Gasteiger partial charge in [-0.25, -0.2) is 13.1 Å². The molecule has 0 spiro atoms. The van der Waals surface area contributed by atoms with Crippen LogP contribution < -0.4 is 10.5 Å². The molecule has 0 saturated heterocycles. The van der Waals surface area contributed by atoms with Gasteiger partial charge in [-0.3, -0.25) is 5.41 Å². The summed E-state index contributed by atoms with van der Waals surface area (Å²) in [4.78, 5) is 0.252. The van der Waals surface area contributed by atoms with Gasteiger partial charge in [0.05, 0.1) is 10.7 Å². The minimum atomic E-state index is -3.65. The topological polar surface area (TPSA) is 96.0 Å². The van der Waals surface area contributed by atoms with Gasteiger partial charge in [0.1, 0.15) is 0 Å². The SMILES string of the molecule is CCC(CC(=N)N)NS(=O)(=O)c1cccc2ccccc12. The number of amidine groups is 1. The first kappa shape index (κ1) is 15.5. The van der Waals surface area contributed by atoms with E-state index in [4.69, 9.17) is 11.1 Å². The van der Waals surface area contributed by atoms with Gasteiger partial charge in [-0.05, 0) is 17.9 Å². The molecule has 0 aliphatic heterocycles. The molecule has 0 saturated carbocycles. The fourth-order valence-corrected chi connectivity index (χ4v) is 3.80. The molecule has 2 aromatic carbocycles. The molecule has 0 heterocycles. The van der Waals surface area contributed by atoms with Crippen molar-refractivity contribution < 1.29 is 8.42 Å². The van der Waals surface area contributed by atoms with Crippen LogP contribution >= 0.6 is 0 Å². The van der Waals surface area contributed by atoms with E-state index in [0.717, 1.165) is 5.39 Å². The van der Waals surface area contributed by atoms with Gasteiger partial charge < -0.3 is 5.73 Å². The number of fused-ring (bicyclic) bond motifs is 1. The molecular formula is C15H19N3O2S. The lowest BCUT2D eigenvalue weighted by Crippen LogP contribution is -2.37. The Hall–Kier alpha value is -1.92. The quantitative estimate of drug-likeness (QED) is 0.564. The normalized spacial score (nSPS) is 13.2. The second kappa shape index (κ2) is 6.24. The minimum absolute atomic E-state index is 0.0255. The zero-order valence-electron chi connectivity index (χ0n) is 11.8. The highest BCUT2D eigenvalue weighted by atomic mass is 32.2. The maximum Gasteiger partial charge on any atom is 0.241 e. The van der Waals surface area contributed by atoms with Crippen LogP contribution in [0.3, 0.4) is 0 Å². The van der Waals surface area contributed by atoms with Crippen LogP contribution in [-0.2, 0) is 10.0 Å². The lowest BCUT2D eigenvalue weighted by atomic mass is 10.1. The van der Waals surface area contributed by atoms with Crippen LogP contribution in [0.25, 0.3) is 10.8 Å². The molecular weight excluding hydrogens is 286 g/mol. The standard InChI is InChI=1S/C15H19N3O2S/c1-2-12(10-15(16)17)18-21(19,20)14-9-5-7-11-6-3-4-8-13(11)14/h3-9,12,18H,2,10H2,1H3,(H3,16,17). The molecule has 1 atom stereocenters. The van der Waals surface area contributed by atoms with Crippen LogP contribution in [0.4, 0.5) is 0 Å². The van der Waals surface area contributed by atoms with Crippen LogP contribution in [-0.4, -0.2) is 20.3 Å². The molecule has 0 fully saturated rings. The van der Waals surface area contributed by atoms with Gasteiger partial charge in [0, 0.05) is 17.8 Å². The third kappa shape index (κ3) is 3.59. The summed E-state index contributed by atoms with van der Waals surface area (Å²) in [5, 5.41) is 8.87. The smallest absolute Gasteiger partial charge is 0.241 e. The summed E-state index contributed by atoms with van der Waals surface area (Å²) in [5.41, 5.74) is 5.37. The van der Waals surface area contributed by atoms with E-state index in [1.165, 1.54) is 0 Å². The molecule has 6 heteroatoms. The molecule has 21 heavy (non-hydrogen) atoms. The maximum atomic E-state index is 12.6. The van der Waals surface area contributed by atoms with Crippen molar-refractivity contribution in [2.45, 2.75) is 30.7 Å². The molecule has 2 rings (SSSR count). The summed E-state index contributed by atoms with van der Waals surface area (Å²) in [6.45, 7) is 1.86. The van der Waals surface area contributed by atoms with Gasteiger partial charge in [-0.1, -0.05) is 43.3 Å². The molecule has 0 bridgehead atoms. The lowest BCUT2D eigenvalue weighted by molar-refractivity contribution is 0.546. The van der Waals surface area contributed by atoms with Crippen LogP contribution in [0.2, 0.25) is 0 Å². The van der Waals surface area contributed by atoms with E-state index in [1.807, 2.05) is 31.2 Å². The van der Waals surface area contributed by atoms with Crippen molar-refractivity contribution in [2.75, 3.05) is 0 Å². The molecule has 4 N–H and O–H groups in total. The Labute approximate surface area is 124 Å². The fraction of sp³-hybridized carbons (Fsp3) is 0.267. The summed E-state index contributed by atoms with van der Waals surface area (Å²) < 4.78 is 27.8. The first-order valence-corrected chi connectivity index (χ1v) is 8.25. The number of hydrogen-bond acceptors (Lipinski definition) is 3. The van der Waals surface area contributed by atoms with E-state index in [-0.39, 0.29) is 23.2 Å². The van der Waals surface area contributed by atoms with Crippen molar-refractivity contribution in [1.82, 2.24) is 4.72 Å². The van der Waals surface area contributed by atoms with Crippen molar-refractivity contribution in [3.63, 3.8) is 0 Å². The molecule has 2 aromatic rings. The van der Waals surface area contributed by atoms with E-state index < -0.39 is 10.0 Å². The van der Waals surface area contributed by atoms with Crippen molar-refractivity contribution in [3.05, 3.63) is 42.5 Å². The molecule has 0 aromatic heterocycles. The summed E-state index contributed by atoms with van der Waals surface area (Å²) in [6, 6.07) is 12.2. The van der Waals surface area contributed by atoms with Crippen molar-refractivity contribution in [2.24, 2.45) is 5.73 Å². The Morgan fingerprint density at radius 2 is 1.90 bits per heavy atom. The van der Waals surface area contributed by atoms with Gasteiger partial charge in [0.15, 0.2) is 0 Å². The number of benzene rings is 2. The number of nitrogens with one attached hydrogen (secondary N) is 2. The monoisotopic (exact) mass is 305 g/mol. The Kier molecular flexibility index (Phi) is 4.59. The molecule has 0 amide bonds. The largest absolute Gasteiger partial charge is 0.388 e. The molecule has 5 nitrogen and oxygen atoms in total. The summed E-state index contributed by atoms with van der Waals surface area (Å²) in [5.74, 6) is -0.0255. The average Bonchev–Trinajstić information content (AvgIpc) is 2.45. The highest BCUT2D eigenvalue weighted by molar-refractivity contribution is 7.89. The summed E-state index contributed by atoms with van der Waals surface area (Å²) >= 11 is 0. The summed E-state index contributed by atoms with van der Waals surface area (Å²) in [7, 11) is -3.65. The van der Waals surface area contributed by atoms with Crippen molar-refractivity contribution in [1.29, 1.82) is 5.41 Å². The Morgan fingerprint density at radius 1 is 1.24 bits per heavy atom. The first-order valence-electron chi connectivity index (χ1n) is 6.77. The molecule has 1 unspecified atom stereocenters. The predicted molar refractivity (Wildman–Crippen MR) is 84.9 cm³/mol. The highest BCUT2D eigenvalue weighted by Gasteiger charge is 2.21. The number of rotatable bonds is 6. The third-order valence-corrected chi connectivity index (χ3v) is 4.90. The van der Waals surface area contributed by atoms with Gasteiger partial charge in [0.25, 0.3) is 0 Å². The molecule has 0 radical (unpaired) electrons. The van der Waals surface area contributed by atoms with Crippen LogP contribution in [0.1, 0.15) is 19.8 Å². The lowest BCUT2D eigenvalue weighted by Gasteiger charge is -2.17. The van der Waals surface area contributed by atoms with Crippen LogP contribution in [0.15, 0.2) is 47.4 Å². The van der Waals surface area contributed by atoms with Crippen LogP contribution in [0.5, 0.6) is 0 Å². The van der Waals surface area contributed by atoms with E-state index in [2.05, 4.69) is 4.72 Å². The highest BCUT2D eigenvalue weighted by Crippen LogP contribution is 2.23. The maximum absolute atomic E-state index is 12.6. The number of nitrogens with two attached hydrogens (primary N) is 1. The molecule has 0 aliphatic carbocycles. The number of hydrogen-bond donors (Lipinski definition) is 3. The zero-order valence-corrected chi connectivity index (χ0v) is 12.7. The minimum Gasteiger partial charge on any atom is -0.388 e. The van der Waals surface area contributed by atoms with E-state index in [9.17, 15) is 8.42 Å².